The van der Waals surface area contributed by atoms with Crippen molar-refractivity contribution in [1.29, 1.82) is 0 Å². The van der Waals surface area contributed by atoms with Crippen molar-refractivity contribution in [1.82, 2.24) is 9.97 Å². The maximum absolute atomic E-state index is 12.3. The molecule has 0 saturated heterocycles. The molecule has 1 heterocycles. The highest BCUT2D eigenvalue weighted by molar-refractivity contribution is 5.89. The maximum Gasteiger partial charge on any atom is 0.416 e. The first-order valence-electron chi connectivity index (χ1n) is 4.18. The Balaban J connectivity index is 2.58. The zero-order chi connectivity index (χ0) is 11.9. The fourth-order valence-electron chi connectivity index (χ4n) is 1.29. The molecule has 1 aromatic heterocycles. The third-order valence-corrected chi connectivity index (χ3v) is 2.01. The van der Waals surface area contributed by atoms with E-state index in [0.717, 1.165) is 18.2 Å². The number of aromatic nitrogens is 2. The molecule has 0 radical (unpaired) electrons. The van der Waals surface area contributed by atoms with Gasteiger partial charge in [0, 0.05) is 0 Å². The van der Waals surface area contributed by atoms with Crippen molar-refractivity contribution >= 4 is 17.0 Å². The van der Waals surface area contributed by atoms with E-state index < -0.39 is 17.7 Å². The molecule has 0 unspecified atom stereocenters. The molecule has 16 heavy (non-hydrogen) atoms. The molecule has 0 bridgehead atoms. The fourth-order valence-corrected chi connectivity index (χ4v) is 1.29. The summed E-state index contributed by atoms with van der Waals surface area (Å²) in [6, 6.07) is 2.81. The molecule has 4 nitrogen and oxygen atoms in total. The molecule has 0 fully saturated rings. The minimum atomic E-state index is -4.46. The number of carboxylic acids is 1. The number of H-pyrrole nitrogens is 1. The number of carbonyl (C=O) groups is 1. The first-order chi connectivity index (χ1) is 7.38. The summed E-state index contributed by atoms with van der Waals surface area (Å²) in [4.78, 5) is 16.4. The van der Waals surface area contributed by atoms with Gasteiger partial charge in [0.2, 0.25) is 5.82 Å². The van der Waals surface area contributed by atoms with E-state index in [1.54, 1.807) is 0 Å². The Hall–Kier alpha value is -2.05. The van der Waals surface area contributed by atoms with Crippen molar-refractivity contribution in [3.8, 4) is 0 Å². The second-order valence-corrected chi connectivity index (χ2v) is 3.12. The molecule has 0 atom stereocenters. The van der Waals surface area contributed by atoms with Gasteiger partial charge in [-0.25, -0.2) is 9.78 Å². The average molecular weight is 230 g/mol. The minimum Gasteiger partial charge on any atom is -0.475 e. The zero-order valence-corrected chi connectivity index (χ0v) is 7.67. The third-order valence-electron chi connectivity index (χ3n) is 2.01. The van der Waals surface area contributed by atoms with E-state index >= 15 is 0 Å². The van der Waals surface area contributed by atoms with Crippen LogP contribution < -0.4 is 0 Å². The summed E-state index contributed by atoms with van der Waals surface area (Å²) in [5.41, 5.74) is -0.613. The largest absolute Gasteiger partial charge is 0.475 e. The quantitative estimate of drug-likeness (QED) is 0.789. The van der Waals surface area contributed by atoms with Crippen molar-refractivity contribution in [3.05, 3.63) is 29.6 Å². The van der Waals surface area contributed by atoms with E-state index in [-0.39, 0.29) is 16.9 Å². The number of rotatable bonds is 1. The van der Waals surface area contributed by atoms with Crippen LogP contribution >= 0.6 is 0 Å². The van der Waals surface area contributed by atoms with Crippen LogP contribution in [0.3, 0.4) is 0 Å². The van der Waals surface area contributed by atoms with Crippen molar-refractivity contribution in [2.75, 3.05) is 0 Å². The van der Waals surface area contributed by atoms with Crippen LogP contribution in [-0.2, 0) is 6.18 Å². The van der Waals surface area contributed by atoms with Gasteiger partial charge in [-0.1, -0.05) is 0 Å². The summed E-state index contributed by atoms with van der Waals surface area (Å²) in [6.45, 7) is 0. The average Bonchev–Trinajstić information content (AvgIpc) is 2.58. The van der Waals surface area contributed by atoms with Crippen LogP contribution in [0.25, 0.3) is 11.0 Å². The van der Waals surface area contributed by atoms with Gasteiger partial charge in [-0.15, -0.1) is 0 Å². The van der Waals surface area contributed by atoms with Gasteiger partial charge in [0.25, 0.3) is 0 Å². The predicted molar refractivity (Wildman–Crippen MR) is 48.1 cm³/mol. The lowest BCUT2D eigenvalue weighted by Crippen LogP contribution is -2.04. The molecule has 1 aromatic carbocycles. The summed E-state index contributed by atoms with van der Waals surface area (Å²) < 4.78 is 37.0. The number of alkyl halides is 3. The second-order valence-electron chi connectivity index (χ2n) is 3.12. The number of nitrogens with one attached hydrogen (secondary N) is 1. The summed E-state index contributed by atoms with van der Waals surface area (Å²) in [5, 5.41) is 8.60. The normalized spacial score (nSPS) is 11.9. The summed E-state index contributed by atoms with van der Waals surface area (Å²) >= 11 is 0. The first kappa shape index (κ1) is 10.5. The van der Waals surface area contributed by atoms with Gasteiger partial charge in [-0.05, 0) is 18.2 Å². The van der Waals surface area contributed by atoms with Crippen molar-refractivity contribution < 1.29 is 23.1 Å². The van der Waals surface area contributed by atoms with Gasteiger partial charge in [0.05, 0.1) is 16.6 Å². The Morgan fingerprint density at radius 3 is 2.62 bits per heavy atom. The van der Waals surface area contributed by atoms with E-state index in [2.05, 4.69) is 9.97 Å². The highest BCUT2D eigenvalue weighted by atomic mass is 19.4. The lowest BCUT2D eigenvalue weighted by Gasteiger charge is -2.04. The molecule has 84 valence electrons. The molecule has 2 aromatic rings. The van der Waals surface area contributed by atoms with E-state index in [0.29, 0.717) is 0 Å². The monoisotopic (exact) mass is 230 g/mol. The van der Waals surface area contributed by atoms with Gasteiger partial charge in [-0.3, -0.25) is 0 Å². The summed E-state index contributed by atoms with van der Waals surface area (Å²) in [6.07, 6.45) is -4.46. The Kier molecular flexibility index (Phi) is 2.11. The molecule has 0 aliphatic carbocycles. The molecule has 0 aliphatic heterocycles. The minimum absolute atomic E-state index is 0.0484. The highest BCUT2D eigenvalue weighted by Gasteiger charge is 2.30. The Morgan fingerprint density at radius 1 is 1.38 bits per heavy atom. The number of hydrogen-bond acceptors (Lipinski definition) is 2. The predicted octanol–water partition coefficient (Wildman–Crippen LogP) is 2.28. The van der Waals surface area contributed by atoms with Crippen LogP contribution in [0.5, 0.6) is 0 Å². The standard InChI is InChI=1S/C9H5F3N2O2/c10-9(11,12)4-1-2-5-6(3-4)14-7(13-5)8(15)16/h1-3H,(H,13,14)(H,15,16). The first-order valence-corrected chi connectivity index (χ1v) is 4.18. The number of imidazole rings is 1. The van der Waals surface area contributed by atoms with Crippen LogP contribution in [0.2, 0.25) is 0 Å². The van der Waals surface area contributed by atoms with Crippen LogP contribution in [0.15, 0.2) is 18.2 Å². The molecule has 0 aliphatic rings. The molecule has 0 spiro atoms. The van der Waals surface area contributed by atoms with E-state index in [1.165, 1.54) is 0 Å². The van der Waals surface area contributed by atoms with E-state index in [1.807, 2.05) is 0 Å². The van der Waals surface area contributed by atoms with Crippen LogP contribution in [0.4, 0.5) is 13.2 Å². The number of benzene rings is 1. The number of nitrogens with zero attached hydrogens (tertiary/aromatic N) is 1. The van der Waals surface area contributed by atoms with Crippen LogP contribution in [0.1, 0.15) is 16.2 Å². The van der Waals surface area contributed by atoms with Crippen molar-refractivity contribution in [3.63, 3.8) is 0 Å². The van der Waals surface area contributed by atoms with Gasteiger partial charge in [0.15, 0.2) is 0 Å². The second kappa shape index (κ2) is 3.22. The fraction of sp³-hybridized carbons (Fsp3) is 0.111. The number of hydrogen-bond donors (Lipinski definition) is 2. The molecule has 2 rings (SSSR count). The lowest BCUT2D eigenvalue weighted by molar-refractivity contribution is -0.137. The number of aromatic amines is 1. The topological polar surface area (TPSA) is 66.0 Å². The number of carboxylic acid groups (broad SMARTS) is 1. The molecular weight excluding hydrogens is 225 g/mol. The van der Waals surface area contributed by atoms with Gasteiger partial charge < -0.3 is 10.1 Å². The van der Waals surface area contributed by atoms with Crippen molar-refractivity contribution in [2.24, 2.45) is 0 Å². The van der Waals surface area contributed by atoms with E-state index in [4.69, 9.17) is 5.11 Å². The Bertz CT molecular complexity index is 559. The molecule has 7 heteroatoms. The maximum atomic E-state index is 12.3. The third kappa shape index (κ3) is 1.71. The lowest BCUT2D eigenvalue weighted by atomic mass is 10.2. The van der Waals surface area contributed by atoms with Gasteiger partial charge in [0.1, 0.15) is 0 Å². The zero-order valence-electron chi connectivity index (χ0n) is 7.67. The summed E-state index contributed by atoms with van der Waals surface area (Å²) in [7, 11) is 0. The molecule has 0 amide bonds. The smallest absolute Gasteiger partial charge is 0.416 e. The van der Waals surface area contributed by atoms with Crippen LogP contribution in [-0.4, -0.2) is 21.0 Å². The van der Waals surface area contributed by atoms with Crippen LogP contribution in [0, 0.1) is 0 Å². The SMILES string of the molecule is O=C(O)c1nc2ccc(C(F)(F)F)cc2[nH]1. The van der Waals surface area contributed by atoms with Crippen molar-refractivity contribution in [2.45, 2.75) is 6.18 Å². The number of halogens is 3. The number of aromatic carboxylic acids is 1. The highest BCUT2D eigenvalue weighted by Crippen LogP contribution is 2.30. The van der Waals surface area contributed by atoms with Gasteiger partial charge in [-0.2, -0.15) is 13.2 Å². The van der Waals surface area contributed by atoms with Gasteiger partial charge >= 0.3 is 12.1 Å². The molecule has 0 saturated carbocycles. The Morgan fingerprint density at radius 2 is 2.06 bits per heavy atom. The Labute approximate surface area is 86.7 Å². The molecule has 2 N–H and O–H groups in total. The van der Waals surface area contributed by atoms with E-state index in [9.17, 15) is 18.0 Å². The molecular formula is C9H5F3N2O2. The summed E-state index contributed by atoms with van der Waals surface area (Å²) in [5.74, 6) is -1.70. The number of fused-ring (bicyclic) bond motifs is 1.